The Morgan fingerprint density at radius 2 is 1.84 bits per heavy atom. The summed E-state index contributed by atoms with van der Waals surface area (Å²) in [5, 5.41) is 38.7. The van der Waals surface area contributed by atoms with Crippen molar-refractivity contribution in [2.45, 2.75) is 61.9 Å². The summed E-state index contributed by atoms with van der Waals surface area (Å²) >= 11 is 1.43. The molecular weight excluding hydrogens is 264 g/mol. The number of hydrogen-bond acceptors (Lipinski definition) is 5. The highest BCUT2D eigenvalue weighted by Crippen LogP contribution is 2.45. The van der Waals surface area contributed by atoms with Gasteiger partial charge in [0.15, 0.2) is 0 Å². The molecule has 0 spiro atoms. The van der Waals surface area contributed by atoms with Crippen LogP contribution >= 0.6 is 11.8 Å². The standard InChI is InChI=1S/C14H25O4S/c1-14(2)5-3-8(4-6-14)13-12(18)11(17)10(16)9(7-15)19-13/h5,8-13,15-18H,3-4,6-7H2,1-2H3/t8?,9-,10+,11+,12-,13+/m1/s1. The molecule has 1 unspecified atom stereocenters. The van der Waals surface area contributed by atoms with Crippen LogP contribution in [0.15, 0.2) is 0 Å². The fraction of sp³-hybridized carbons (Fsp3) is 0.929. The van der Waals surface area contributed by atoms with E-state index in [1.165, 1.54) is 11.8 Å². The highest BCUT2D eigenvalue weighted by Gasteiger charge is 2.46. The van der Waals surface area contributed by atoms with Crippen LogP contribution in [0, 0.1) is 17.8 Å². The molecule has 1 saturated heterocycles. The van der Waals surface area contributed by atoms with Crippen LogP contribution in [0.3, 0.4) is 0 Å². The van der Waals surface area contributed by atoms with Gasteiger partial charge in [0, 0.05) is 5.25 Å². The first-order valence-corrected chi connectivity index (χ1v) is 7.95. The van der Waals surface area contributed by atoms with Crippen LogP contribution in [0.5, 0.6) is 0 Å². The molecule has 111 valence electrons. The highest BCUT2D eigenvalue weighted by molar-refractivity contribution is 8.00. The minimum atomic E-state index is -1.15. The van der Waals surface area contributed by atoms with Crippen molar-refractivity contribution in [3.63, 3.8) is 0 Å². The molecule has 1 saturated carbocycles. The van der Waals surface area contributed by atoms with E-state index in [0.717, 1.165) is 19.3 Å². The smallest absolute Gasteiger partial charge is 0.108 e. The van der Waals surface area contributed by atoms with Crippen LogP contribution in [-0.4, -0.2) is 55.8 Å². The van der Waals surface area contributed by atoms with E-state index in [0.29, 0.717) is 5.92 Å². The van der Waals surface area contributed by atoms with E-state index >= 15 is 0 Å². The van der Waals surface area contributed by atoms with Crippen LogP contribution in [-0.2, 0) is 0 Å². The molecule has 1 radical (unpaired) electrons. The van der Waals surface area contributed by atoms with Crippen molar-refractivity contribution in [1.82, 2.24) is 0 Å². The predicted octanol–water partition coefficient (Wildman–Crippen LogP) is 0.576. The van der Waals surface area contributed by atoms with Crippen molar-refractivity contribution in [1.29, 1.82) is 0 Å². The van der Waals surface area contributed by atoms with Gasteiger partial charge >= 0.3 is 0 Å². The third kappa shape index (κ3) is 3.27. The van der Waals surface area contributed by atoms with Crippen molar-refractivity contribution in [2.24, 2.45) is 11.3 Å². The maximum absolute atomic E-state index is 10.2. The summed E-state index contributed by atoms with van der Waals surface area (Å²) < 4.78 is 0. The Kier molecular flexibility index (Phi) is 4.83. The van der Waals surface area contributed by atoms with Crippen LogP contribution in [0.2, 0.25) is 0 Å². The SMILES string of the molecule is CC1(C)[CH]CC([C@@H]2S[C@H](CO)[C@H](O)[C@H](O)[C@H]2O)CC1. The van der Waals surface area contributed by atoms with E-state index < -0.39 is 23.6 Å². The zero-order valence-electron chi connectivity index (χ0n) is 11.6. The Morgan fingerprint density at radius 3 is 2.37 bits per heavy atom. The molecule has 1 aliphatic heterocycles. The molecule has 19 heavy (non-hydrogen) atoms. The lowest BCUT2D eigenvalue weighted by molar-refractivity contribution is -0.0760. The first-order chi connectivity index (χ1) is 8.85. The lowest BCUT2D eigenvalue weighted by Gasteiger charge is -2.45. The molecule has 1 heterocycles. The summed E-state index contributed by atoms with van der Waals surface area (Å²) in [6.07, 6.45) is 2.18. The van der Waals surface area contributed by atoms with Crippen LogP contribution < -0.4 is 0 Å². The third-order valence-corrected chi connectivity index (χ3v) is 6.28. The van der Waals surface area contributed by atoms with Crippen molar-refractivity contribution >= 4 is 11.8 Å². The largest absolute Gasteiger partial charge is 0.395 e. The molecular formula is C14H25O4S. The Morgan fingerprint density at radius 1 is 1.16 bits per heavy atom. The average molecular weight is 289 g/mol. The van der Waals surface area contributed by atoms with Gasteiger partial charge in [0.1, 0.15) is 6.10 Å². The second kappa shape index (κ2) is 5.90. The van der Waals surface area contributed by atoms with Crippen molar-refractivity contribution in [3.05, 3.63) is 6.42 Å². The summed E-state index contributed by atoms with van der Waals surface area (Å²) in [5.74, 6) is 0.309. The Hall–Kier alpha value is 0.190. The minimum Gasteiger partial charge on any atom is -0.395 e. The van der Waals surface area contributed by atoms with Gasteiger partial charge in [0.25, 0.3) is 0 Å². The van der Waals surface area contributed by atoms with E-state index in [2.05, 4.69) is 20.3 Å². The second-order valence-corrected chi connectivity index (χ2v) is 7.94. The van der Waals surface area contributed by atoms with E-state index in [1.54, 1.807) is 0 Å². The molecule has 2 rings (SSSR count). The first kappa shape index (κ1) is 15.6. The number of thioether (sulfide) groups is 1. The number of aliphatic hydroxyl groups is 4. The molecule has 0 aromatic carbocycles. The van der Waals surface area contributed by atoms with Gasteiger partial charge in [-0.05, 0) is 37.0 Å². The molecule has 0 aromatic rings. The molecule has 0 aromatic heterocycles. The summed E-state index contributed by atoms with van der Waals surface area (Å²) in [6.45, 7) is 4.25. The van der Waals surface area contributed by atoms with Crippen LogP contribution in [0.4, 0.5) is 0 Å². The predicted molar refractivity (Wildman–Crippen MR) is 75.7 cm³/mol. The van der Waals surface area contributed by atoms with E-state index in [4.69, 9.17) is 0 Å². The van der Waals surface area contributed by atoms with Crippen molar-refractivity contribution < 1.29 is 20.4 Å². The fourth-order valence-corrected chi connectivity index (χ4v) is 4.67. The van der Waals surface area contributed by atoms with Gasteiger partial charge in [-0.3, -0.25) is 0 Å². The molecule has 4 nitrogen and oxygen atoms in total. The third-order valence-electron chi connectivity index (χ3n) is 4.53. The highest BCUT2D eigenvalue weighted by atomic mass is 32.2. The molecule has 5 heteroatoms. The lowest BCUT2D eigenvalue weighted by Crippen LogP contribution is -2.56. The number of hydrogen-bond donors (Lipinski definition) is 4. The summed E-state index contributed by atoms with van der Waals surface area (Å²) in [5.41, 5.74) is 0.245. The maximum Gasteiger partial charge on any atom is 0.108 e. The van der Waals surface area contributed by atoms with Gasteiger partial charge in [0.05, 0.1) is 24.1 Å². The van der Waals surface area contributed by atoms with Crippen molar-refractivity contribution in [2.75, 3.05) is 6.61 Å². The van der Waals surface area contributed by atoms with Gasteiger partial charge in [-0.15, -0.1) is 11.8 Å². The van der Waals surface area contributed by atoms with Gasteiger partial charge in [-0.1, -0.05) is 13.8 Å². The quantitative estimate of drug-likeness (QED) is 0.598. The fourth-order valence-electron chi connectivity index (χ4n) is 3.07. The Labute approximate surface area is 119 Å². The van der Waals surface area contributed by atoms with Gasteiger partial charge in [-0.2, -0.15) is 0 Å². The summed E-state index contributed by atoms with van der Waals surface area (Å²) in [6, 6.07) is 0. The number of aliphatic hydroxyl groups excluding tert-OH is 4. The van der Waals surface area contributed by atoms with Crippen LogP contribution in [0.25, 0.3) is 0 Å². The maximum atomic E-state index is 10.2. The minimum absolute atomic E-state index is 0.108. The molecule has 2 fully saturated rings. The molecule has 6 atom stereocenters. The normalized spacial score (nSPS) is 44.2. The average Bonchev–Trinajstić information content (AvgIpc) is 2.37. The summed E-state index contributed by atoms with van der Waals surface area (Å²) in [4.78, 5) is 0. The number of rotatable bonds is 2. The van der Waals surface area contributed by atoms with E-state index in [-0.39, 0.29) is 17.3 Å². The van der Waals surface area contributed by atoms with Crippen molar-refractivity contribution in [3.8, 4) is 0 Å². The molecule has 1 aliphatic carbocycles. The second-order valence-electron chi connectivity index (χ2n) is 6.52. The first-order valence-electron chi connectivity index (χ1n) is 7.00. The van der Waals surface area contributed by atoms with E-state index in [1.807, 2.05) is 0 Å². The topological polar surface area (TPSA) is 80.9 Å². The summed E-state index contributed by atoms with van der Waals surface area (Å²) in [7, 11) is 0. The molecule has 0 bridgehead atoms. The zero-order valence-corrected chi connectivity index (χ0v) is 12.4. The Balaban J connectivity index is 2.03. The van der Waals surface area contributed by atoms with E-state index in [9.17, 15) is 20.4 Å². The Bertz CT molecular complexity index is 298. The van der Waals surface area contributed by atoms with Gasteiger partial charge in [-0.25, -0.2) is 0 Å². The van der Waals surface area contributed by atoms with Crippen LogP contribution in [0.1, 0.15) is 33.1 Å². The molecule has 0 amide bonds. The monoisotopic (exact) mass is 289 g/mol. The molecule has 4 N–H and O–H groups in total. The zero-order chi connectivity index (χ0) is 14.2. The lowest BCUT2D eigenvalue weighted by atomic mass is 9.71. The van der Waals surface area contributed by atoms with Gasteiger partial charge in [0.2, 0.25) is 0 Å². The van der Waals surface area contributed by atoms with Gasteiger partial charge < -0.3 is 20.4 Å². The molecule has 2 aliphatic rings.